The first-order valence-corrected chi connectivity index (χ1v) is 9.38. The normalized spacial score (nSPS) is 16.4. The van der Waals surface area contributed by atoms with E-state index >= 15 is 0 Å². The predicted octanol–water partition coefficient (Wildman–Crippen LogP) is 4.17. The second kappa shape index (κ2) is 8.03. The van der Waals surface area contributed by atoms with E-state index in [1.165, 1.54) is 12.1 Å². The monoisotopic (exact) mass is 365 g/mol. The van der Waals surface area contributed by atoms with Crippen LogP contribution in [0.2, 0.25) is 0 Å². The lowest BCUT2D eigenvalue weighted by molar-refractivity contribution is 0.0187. The molecule has 0 aliphatic carbocycles. The Kier molecular flexibility index (Phi) is 5.32. The average molecular weight is 365 g/mol. The number of pyridine rings is 1. The van der Waals surface area contributed by atoms with Gasteiger partial charge in [0.2, 0.25) is 0 Å². The second-order valence-electron chi connectivity index (χ2n) is 6.92. The van der Waals surface area contributed by atoms with Gasteiger partial charge in [0.25, 0.3) is 0 Å². The number of rotatable bonds is 5. The van der Waals surface area contributed by atoms with Crippen molar-refractivity contribution in [2.75, 3.05) is 38.2 Å². The van der Waals surface area contributed by atoms with Crippen molar-refractivity contribution in [2.24, 2.45) is 0 Å². The van der Waals surface area contributed by atoms with Crippen LogP contribution in [0.15, 0.2) is 54.6 Å². The van der Waals surface area contributed by atoms with Crippen LogP contribution in [0.3, 0.4) is 0 Å². The van der Waals surface area contributed by atoms with Crippen LogP contribution >= 0.6 is 0 Å². The van der Waals surface area contributed by atoms with Crippen LogP contribution in [0.5, 0.6) is 0 Å². The molecule has 1 aliphatic heterocycles. The highest BCUT2D eigenvalue weighted by molar-refractivity contribution is 5.91. The maximum atomic E-state index is 13.4. The largest absolute Gasteiger partial charge is 0.383 e. The van der Waals surface area contributed by atoms with Crippen molar-refractivity contribution < 1.29 is 9.13 Å². The van der Waals surface area contributed by atoms with Gasteiger partial charge in [-0.15, -0.1) is 0 Å². The number of para-hydroxylation sites is 1. The first kappa shape index (κ1) is 17.9. The van der Waals surface area contributed by atoms with Gasteiger partial charge in [-0.3, -0.25) is 9.88 Å². The Morgan fingerprint density at radius 2 is 1.85 bits per heavy atom. The first-order chi connectivity index (χ1) is 13.2. The Labute approximate surface area is 159 Å². The van der Waals surface area contributed by atoms with Crippen LogP contribution in [0, 0.1) is 12.7 Å². The highest BCUT2D eigenvalue weighted by Gasteiger charge is 2.23. The maximum absolute atomic E-state index is 13.4. The van der Waals surface area contributed by atoms with Crippen molar-refractivity contribution in [3.63, 3.8) is 0 Å². The lowest BCUT2D eigenvalue weighted by atomic mass is 10.0. The summed E-state index contributed by atoms with van der Waals surface area (Å²) in [5.41, 5.74) is 4.17. The van der Waals surface area contributed by atoms with Crippen molar-refractivity contribution in [1.82, 2.24) is 9.88 Å². The van der Waals surface area contributed by atoms with E-state index in [4.69, 9.17) is 4.74 Å². The van der Waals surface area contributed by atoms with Gasteiger partial charge in [-0.1, -0.05) is 30.3 Å². The van der Waals surface area contributed by atoms with Gasteiger partial charge < -0.3 is 10.1 Å². The molecule has 2 heterocycles. The van der Waals surface area contributed by atoms with E-state index in [0.29, 0.717) is 0 Å². The summed E-state index contributed by atoms with van der Waals surface area (Å²) >= 11 is 0. The maximum Gasteiger partial charge on any atom is 0.123 e. The molecule has 2 aromatic carbocycles. The SMILES string of the molecule is Cc1cc(NC[C@H](c2ccc(F)cc2)N2CCOCC2)c2ccccc2n1. The Balaban J connectivity index is 1.61. The smallest absolute Gasteiger partial charge is 0.123 e. The van der Waals surface area contributed by atoms with Crippen molar-refractivity contribution in [3.8, 4) is 0 Å². The summed E-state index contributed by atoms with van der Waals surface area (Å²) in [6.45, 7) is 5.96. The average Bonchev–Trinajstić information content (AvgIpc) is 2.70. The van der Waals surface area contributed by atoms with Crippen molar-refractivity contribution in [2.45, 2.75) is 13.0 Å². The molecule has 140 valence electrons. The van der Waals surface area contributed by atoms with Gasteiger partial charge >= 0.3 is 0 Å². The molecule has 4 nitrogen and oxygen atoms in total. The number of ether oxygens (including phenoxy) is 1. The third kappa shape index (κ3) is 4.10. The van der Waals surface area contributed by atoms with Crippen molar-refractivity contribution >= 4 is 16.6 Å². The van der Waals surface area contributed by atoms with Crippen LogP contribution in [0.25, 0.3) is 10.9 Å². The molecular formula is C22H24FN3O. The molecule has 1 aromatic heterocycles. The molecule has 27 heavy (non-hydrogen) atoms. The highest BCUT2D eigenvalue weighted by atomic mass is 19.1. The summed E-state index contributed by atoms with van der Waals surface area (Å²) < 4.78 is 18.9. The van der Waals surface area contributed by atoms with E-state index in [1.54, 1.807) is 0 Å². The Hall–Kier alpha value is -2.50. The molecule has 4 rings (SSSR count). The third-order valence-corrected chi connectivity index (χ3v) is 5.07. The minimum atomic E-state index is -0.205. The quantitative estimate of drug-likeness (QED) is 0.736. The number of aromatic nitrogens is 1. The van der Waals surface area contributed by atoms with E-state index in [0.717, 1.165) is 60.7 Å². The Bertz CT molecular complexity index is 907. The molecule has 1 aliphatic rings. The number of halogens is 1. The fourth-order valence-electron chi connectivity index (χ4n) is 3.69. The third-order valence-electron chi connectivity index (χ3n) is 5.07. The van der Waals surface area contributed by atoms with Gasteiger partial charge in [0.05, 0.1) is 24.8 Å². The second-order valence-corrected chi connectivity index (χ2v) is 6.92. The first-order valence-electron chi connectivity index (χ1n) is 9.38. The van der Waals surface area contributed by atoms with E-state index in [1.807, 2.05) is 37.3 Å². The summed E-state index contributed by atoms with van der Waals surface area (Å²) in [6.07, 6.45) is 0. The van der Waals surface area contributed by atoms with Crippen LogP contribution < -0.4 is 5.32 Å². The highest BCUT2D eigenvalue weighted by Crippen LogP contribution is 2.27. The number of aryl methyl sites for hydroxylation is 1. The van der Waals surface area contributed by atoms with Crippen molar-refractivity contribution in [1.29, 1.82) is 0 Å². The van der Waals surface area contributed by atoms with Crippen molar-refractivity contribution in [3.05, 3.63) is 71.7 Å². The molecule has 0 radical (unpaired) electrons. The summed E-state index contributed by atoms with van der Waals surface area (Å²) in [5.74, 6) is -0.205. The van der Waals surface area contributed by atoms with E-state index in [9.17, 15) is 4.39 Å². The number of anilines is 1. The molecule has 0 spiro atoms. The zero-order valence-electron chi connectivity index (χ0n) is 15.5. The van der Waals surface area contributed by atoms with Crippen LogP contribution in [0.1, 0.15) is 17.3 Å². The van der Waals surface area contributed by atoms with Gasteiger partial charge in [-0.2, -0.15) is 0 Å². The lowest BCUT2D eigenvalue weighted by Crippen LogP contribution is -2.41. The minimum Gasteiger partial charge on any atom is -0.383 e. The Morgan fingerprint density at radius 3 is 2.63 bits per heavy atom. The zero-order chi connectivity index (χ0) is 18.6. The standard InChI is InChI=1S/C22H24FN3O/c1-16-14-21(19-4-2-3-5-20(19)25-16)24-15-22(26-10-12-27-13-11-26)17-6-8-18(23)9-7-17/h2-9,14,22H,10-13,15H2,1H3,(H,24,25)/t22-/m1/s1. The summed E-state index contributed by atoms with van der Waals surface area (Å²) in [6, 6.07) is 17.2. The molecule has 1 saturated heterocycles. The molecule has 1 N–H and O–H groups in total. The fraction of sp³-hybridized carbons (Fsp3) is 0.318. The van der Waals surface area contributed by atoms with Gasteiger partial charge in [0.1, 0.15) is 5.82 Å². The van der Waals surface area contributed by atoms with Gasteiger partial charge in [-0.25, -0.2) is 4.39 Å². The van der Waals surface area contributed by atoms with Gasteiger partial charge in [0.15, 0.2) is 0 Å². The summed E-state index contributed by atoms with van der Waals surface area (Å²) in [5, 5.41) is 4.74. The van der Waals surface area contributed by atoms with E-state index < -0.39 is 0 Å². The number of hydrogen-bond donors (Lipinski definition) is 1. The molecule has 0 saturated carbocycles. The van der Waals surface area contributed by atoms with Gasteiger partial charge in [-0.05, 0) is 36.8 Å². The number of morpholine rings is 1. The molecule has 0 bridgehead atoms. The minimum absolute atomic E-state index is 0.154. The number of benzene rings is 2. The topological polar surface area (TPSA) is 37.4 Å². The molecule has 0 unspecified atom stereocenters. The molecule has 1 fully saturated rings. The van der Waals surface area contributed by atoms with Crippen LogP contribution in [0.4, 0.5) is 10.1 Å². The molecule has 1 atom stereocenters. The number of nitrogens with zero attached hydrogens (tertiary/aromatic N) is 2. The number of hydrogen-bond acceptors (Lipinski definition) is 4. The molecule has 0 amide bonds. The number of fused-ring (bicyclic) bond motifs is 1. The zero-order valence-corrected chi connectivity index (χ0v) is 15.5. The van der Waals surface area contributed by atoms with Crippen LogP contribution in [-0.2, 0) is 4.74 Å². The van der Waals surface area contributed by atoms with Crippen LogP contribution in [-0.4, -0.2) is 42.7 Å². The van der Waals surface area contributed by atoms with E-state index in [-0.39, 0.29) is 11.9 Å². The van der Waals surface area contributed by atoms with E-state index in [2.05, 4.69) is 27.3 Å². The predicted molar refractivity (Wildman–Crippen MR) is 107 cm³/mol. The fourth-order valence-corrected chi connectivity index (χ4v) is 3.69. The molecular weight excluding hydrogens is 341 g/mol. The molecule has 3 aromatic rings. The Morgan fingerprint density at radius 1 is 1.11 bits per heavy atom. The number of nitrogens with one attached hydrogen (secondary N) is 1. The lowest BCUT2D eigenvalue weighted by Gasteiger charge is -2.35. The molecule has 5 heteroatoms. The summed E-state index contributed by atoms with van der Waals surface area (Å²) in [4.78, 5) is 7.02. The van der Waals surface area contributed by atoms with Gasteiger partial charge in [0, 0.05) is 36.4 Å². The summed E-state index contributed by atoms with van der Waals surface area (Å²) in [7, 11) is 0.